The number of rotatable bonds is 9. The summed E-state index contributed by atoms with van der Waals surface area (Å²) in [6.07, 6.45) is 6.06. The van der Waals surface area contributed by atoms with Crippen LogP contribution in [0, 0.1) is 11.3 Å². The molecule has 3 heterocycles. The highest BCUT2D eigenvalue weighted by molar-refractivity contribution is 6.04. The number of aromatic nitrogens is 5. The lowest BCUT2D eigenvalue weighted by Gasteiger charge is -2.26. The minimum absolute atomic E-state index is 0.232. The zero-order valence-corrected chi connectivity index (χ0v) is 22.2. The van der Waals surface area contributed by atoms with Crippen LogP contribution in [0.4, 0.5) is 5.69 Å². The Morgan fingerprint density at radius 1 is 1.31 bits per heavy atom. The van der Waals surface area contributed by atoms with Crippen molar-refractivity contribution in [1.82, 2.24) is 24.5 Å². The quantitative estimate of drug-likeness (QED) is 0.330. The van der Waals surface area contributed by atoms with Gasteiger partial charge in [0.05, 0.1) is 36.2 Å². The number of nitriles is 1. The van der Waals surface area contributed by atoms with Crippen molar-refractivity contribution in [2.45, 2.75) is 44.8 Å². The molecule has 4 aromatic rings. The normalized spacial score (nSPS) is 13.0. The minimum atomic E-state index is -0.801. The molecule has 0 spiro atoms. The Morgan fingerprint density at radius 3 is 2.72 bits per heavy atom. The molecule has 0 aliphatic rings. The van der Waals surface area contributed by atoms with E-state index in [1.807, 2.05) is 39.1 Å². The molecule has 0 unspecified atom stereocenters. The number of amides is 1. The monoisotopic (exact) mass is 531 g/mol. The Balaban J connectivity index is 1.83. The van der Waals surface area contributed by atoms with Gasteiger partial charge >= 0.3 is 0 Å². The summed E-state index contributed by atoms with van der Waals surface area (Å²) in [5.41, 5.74) is 0.477. The first-order valence-corrected chi connectivity index (χ1v) is 12.1. The van der Waals surface area contributed by atoms with Crippen LogP contribution >= 0.6 is 0 Å². The lowest BCUT2D eigenvalue weighted by atomic mass is 9.80. The van der Waals surface area contributed by atoms with Crippen LogP contribution in [0.25, 0.3) is 0 Å². The molecule has 202 valence electrons. The molecule has 12 heteroatoms. The van der Waals surface area contributed by atoms with E-state index in [0.29, 0.717) is 17.7 Å². The molecule has 4 rings (SSSR count). The average molecular weight is 532 g/mol. The minimum Gasteiger partial charge on any atom is -0.501 e. The van der Waals surface area contributed by atoms with E-state index in [1.165, 1.54) is 24.1 Å². The van der Waals surface area contributed by atoms with Crippen LogP contribution in [0.5, 0.6) is 5.75 Å². The molecule has 1 aromatic carbocycles. The Hall–Kier alpha value is -4.76. The van der Waals surface area contributed by atoms with Gasteiger partial charge in [-0.25, -0.2) is 4.98 Å². The van der Waals surface area contributed by atoms with Crippen LogP contribution in [0.3, 0.4) is 0 Å². The van der Waals surface area contributed by atoms with Gasteiger partial charge < -0.3 is 19.7 Å². The third-order valence-electron chi connectivity index (χ3n) is 6.64. The standard InChI is InChI=1S/C27H29N7O5/c1-16(24-32-22(23(35)26(37)33(24)4)25(36)31-19-12-30-39-14-19)21(20-9-7-6-8-17(20)10-28)18-11-29-34(13-18)15-27(2,3)38-5/h6-9,11-14,16,21,35H,15H2,1-5H3,(H,31,36)/t16-,21-/m1/s1. The molecule has 0 radical (unpaired) electrons. The number of anilines is 1. The van der Waals surface area contributed by atoms with Crippen molar-refractivity contribution in [1.29, 1.82) is 5.26 Å². The second kappa shape index (κ2) is 10.9. The number of nitrogens with one attached hydrogen (secondary N) is 1. The zero-order valence-electron chi connectivity index (χ0n) is 22.2. The first kappa shape index (κ1) is 27.3. The van der Waals surface area contributed by atoms with Gasteiger partial charge in [-0.2, -0.15) is 10.4 Å². The number of benzene rings is 1. The van der Waals surface area contributed by atoms with E-state index in [1.54, 1.807) is 30.1 Å². The van der Waals surface area contributed by atoms with Gasteiger partial charge in [0.2, 0.25) is 5.75 Å². The molecule has 1 amide bonds. The van der Waals surface area contributed by atoms with E-state index in [0.717, 1.165) is 5.56 Å². The Labute approximate surface area is 224 Å². The van der Waals surface area contributed by atoms with Gasteiger partial charge in [-0.3, -0.25) is 18.8 Å². The molecule has 0 fully saturated rings. The topological polar surface area (TPSA) is 161 Å². The number of carbonyl (C=O) groups is 1. The van der Waals surface area contributed by atoms with E-state index in [2.05, 4.69) is 26.6 Å². The van der Waals surface area contributed by atoms with Gasteiger partial charge in [-0.15, -0.1) is 0 Å². The van der Waals surface area contributed by atoms with E-state index >= 15 is 0 Å². The first-order valence-electron chi connectivity index (χ1n) is 12.1. The highest BCUT2D eigenvalue weighted by atomic mass is 16.5. The third-order valence-corrected chi connectivity index (χ3v) is 6.64. The summed E-state index contributed by atoms with van der Waals surface area (Å²) in [5.74, 6) is -2.36. The molecule has 0 aliphatic heterocycles. The SMILES string of the molecule is COC(C)(C)Cn1cc([C@H](c2ccccc2C#N)[C@@H](C)c2nc(C(=O)Nc3cnoc3)c(O)c(=O)n2C)cn1. The number of ether oxygens (including phenoxy) is 1. The molecule has 0 bridgehead atoms. The summed E-state index contributed by atoms with van der Waals surface area (Å²) in [6, 6.07) is 9.40. The van der Waals surface area contributed by atoms with Crippen LogP contribution in [0.2, 0.25) is 0 Å². The number of hydrogen-bond donors (Lipinski definition) is 2. The van der Waals surface area contributed by atoms with Crippen molar-refractivity contribution in [3.05, 3.63) is 87.7 Å². The molecular formula is C27H29N7O5. The number of carbonyl (C=O) groups excluding carboxylic acids is 1. The molecule has 2 N–H and O–H groups in total. The van der Waals surface area contributed by atoms with E-state index in [-0.39, 0.29) is 11.5 Å². The summed E-state index contributed by atoms with van der Waals surface area (Å²) >= 11 is 0. The molecule has 0 saturated carbocycles. The van der Waals surface area contributed by atoms with Crippen molar-refractivity contribution in [3.8, 4) is 11.8 Å². The first-order chi connectivity index (χ1) is 18.6. The molecule has 0 saturated heterocycles. The van der Waals surface area contributed by atoms with Crippen LogP contribution in [0.1, 0.15) is 65.6 Å². The molecule has 2 atom stereocenters. The Kier molecular flexibility index (Phi) is 7.64. The maximum atomic E-state index is 13.0. The molecular weight excluding hydrogens is 502 g/mol. The predicted octanol–water partition coefficient (Wildman–Crippen LogP) is 3.15. The van der Waals surface area contributed by atoms with Gasteiger partial charge in [0.25, 0.3) is 11.5 Å². The van der Waals surface area contributed by atoms with Gasteiger partial charge in [-0.05, 0) is 31.0 Å². The molecule has 12 nitrogen and oxygen atoms in total. The second-order valence-corrected chi connectivity index (χ2v) is 9.80. The Morgan fingerprint density at radius 2 is 2.05 bits per heavy atom. The summed E-state index contributed by atoms with van der Waals surface area (Å²) in [7, 11) is 3.10. The van der Waals surface area contributed by atoms with Crippen molar-refractivity contribution in [3.63, 3.8) is 0 Å². The van der Waals surface area contributed by atoms with Gasteiger partial charge in [0.1, 0.15) is 17.8 Å². The van der Waals surface area contributed by atoms with Crippen LogP contribution in [0.15, 0.2) is 58.4 Å². The highest BCUT2D eigenvalue weighted by Crippen LogP contribution is 2.39. The lowest BCUT2D eigenvalue weighted by molar-refractivity contribution is 0.00539. The van der Waals surface area contributed by atoms with Crippen LogP contribution in [-0.2, 0) is 18.3 Å². The fraction of sp³-hybridized carbons (Fsp3) is 0.333. The van der Waals surface area contributed by atoms with Gasteiger partial charge in [0.15, 0.2) is 5.69 Å². The number of hydrogen-bond acceptors (Lipinski definition) is 9. The highest BCUT2D eigenvalue weighted by Gasteiger charge is 2.32. The number of nitrogens with zero attached hydrogens (tertiary/aromatic N) is 6. The summed E-state index contributed by atoms with van der Waals surface area (Å²) in [5, 5.41) is 30.9. The van der Waals surface area contributed by atoms with Gasteiger partial charge in [0, 0.05) is 32.2 Å². The van der Waals surface area contributed by atoms with E-state index in [9.17, 15) is 20.0 Å². The van der Waals surface area contributed by atoms with Crippen LogP contribution < -0.4 is 10.9 Å². The van der Waals surface area contributed by atoms with Crippen molar-refractivity contribution < 1.29 is 19.2 Å². The predicted molar refractivity (Wildman–Crippen MR) is 140 cm³/mol. The van der Waals surface area contributed by atoms with E-state index < -0.39 is 40.3 Å². The maximum absolute atomic E-state index is 13.0. The fourth-order valence-electron chi connectivity index (χ4n) is 4.47. The maximum Gasteiger partial charge on any atom is 0.296 e. The lowest BCUT2D eigenvalue weighted by Crippen LogP contribution is -2.30. The zero-order chi connectivity index (χ0) is 28.3. The van der Waals surface area contributed by atoms with E-state index in [4.69, 9.17) is 9.26 Å². The second-order valence-electron chi connectivity index (χ2n) is 9.80. The summed E-state index contributed by atoms with van der Waals surface area (Å²) < 4.78 is 13.2. The average Bonchev–Trinajstić information content (AvgIpc) is 3.60. The largest absolute Gasteiger partial charge is 0.501 e. The Bertz CT molecular complexity index is 1580. The smallest absolute Gasteiger partial charge is 0.296 e. The van der Waals surface area contributed by atoms with Crippen molar-refractivity contribution in [2.75, 3.05) is 12.4 Å². The molecule has 0 aliphatic carbocycles. The van der Waals surface area contributed by atoms with Gasteiger partial charge in [-0.1, -0.05) is 30.3 Å². The van der Waals surface area contributed by atoms with Crippen LogP contribution in [-0.4, -0.2) is 48.2 Å². The third kappa shape index (κ3) is 5.58. The summed E-state index contributed by atoms with van der Waals surface area (Å²) in [4.78, 5) is 30.4. The van der Waals surface area contributed by atoms with Crippen molar-refractivity contribution in [2.24, 2.45) is 7.05 Å². The molecule has 39 heavy (non-hydrogen) atoms. The number of methoxy groups -OCH3 is 1. The molecule has 3 aromatic heterocycles. The fourth-order valence-corrected chi connectivity index (χ4v) is 4.47. The van der Waals surface area contributed by atoms with Crippen molar-refractivity contribution >= 4 is 11.6 Å². The number of aromatic hydroxyl groups is 1. The summed E-state index contributed by atoms with van der Waals surface area (Å²) in [6.45, 7) is 6.22.